The van der Waals surface area contributed by atoms with Crippen LogP contribution in [0.15, 0.2) is 64.8 Å². The second-order valence-corrected chi connectivity index (χ2v) is 7.48. The molecule has 1 unspecified atom stereocenters. The average molecular weight is 437 g/mol. The lowest BCUT2D eigenvalue weighted by atomic mass is 9.99. The molecule has 0 aliphatic carbocycles. The Labute approximate surface area is 187 Å². The van der Waals surface area contributed by atoms with E-state index in [0.717, 1.165) is 33.8 Å². The van der Waals surface area contributed by atoms with Gasteiger partial charge < -0.3 is 24.8 Å². The molecule has 0 amide bonds. The summed E-state index contributed by atoms with van der Waals surface area (Å²) < 4.78 is 17.9. The van der Waals surface area contributed by atoms with Crippen molar-refractivity contribution in [1.29, 1.82) is 5.41 Å². The second-order valence-electron chi connectivity index (χ2n) is 7.48. The van der Waals surface area contributed by atoms with E-state index in [1.54, 1.807) is 26.6 Å². The molecule has 0 saturated carbocycles. The molecule has 2 aliphatic rings. The third-order valence-corrected chi connectivity index (χ3v) is 5.33. The molecule has 168 valence electrons. The Morgan fingerprint density at radius 3 is 2.78 bits per heavy atom. The largest absolute Gasteiger partial charge is 0.497 e. The molecule has 0 saturated heterocycles. The van der Waals surface area contributed by atoms with E-state index in [9.17, 15) is 0 Å². The summed E-state index contributed by atoms with van der Waals surface area (Å²) in [5, 5.41) is 19.8. The number of nitrogens with zero attached hydrogens (tertiary/aromatic N) is 3. The molecule has 32 heavy (non-hydrogen) atoms. The third kappa shape index (κ3) is 5.24. The van der Waals surface area contributed by atoms with E-state index >= 15 is 0 Å². The van der Waals surface area contributed by atoms with Crippen molar-refractivity contribution in [3.8, 4) is 5.75 Å². The van der Waals surface area contributed by atoms with Gasteiger partial charge in [0.05, 0.1) is 50.7 Å². The Morgan fingerprint density at radius 2 is 2.06 bits per heavy atom. The fourth-order valence-electron chi connectivity index (χ4n) is 3.60. The molecular formula is C23H28N6O3. The van der Waals surface area contributed by atoms with Crippen molar-refractivity contribution < 1.29 is 14.2 Å². The number of rotatable bonds is 8. The number of allylic oxidation sites excluding steroid dienone is 1. The first-order valence-corrected chi connectivity index (χ1v) is 10.5. The van der Waals surface area contributed by atoms with Crippen LogP contribution in [0, 0.1) is 5.41 Å². The summed E-state index contributed by atoms with van der Waals surface area (Å²) in [6, 6.07) is 7.90. The quantitative estimate of drug-likeness (QED) is 0.549. The molecule has 1 aromatic heterocycles. The molecule has 4 rings (SSSR count). The summed E-state index contributed by atoms with van der Waals surface area (Å²) in [5.74, 6) is 0.824. The minimum atomic E-state index is -0.374. The maximum Gasteiger partial charge on any atom is 0.224 e. The number of hydrogen-bond donors (Lipinski definition) is 3. The smallest absolute Gasteiger partial charge is 0.224 e. The maximum absolute atomic E-state index is 8.87. The molecule has 9 heteroatoms. The summed E-state index contributed by atoms with van der Waals surface area (Å²) in [6.45, 7) is 1.81. The fraction of sp³-hybridized carbons (Fsp3) is 0.348. The average Bonchev–Trinajstić information content (AvgIpc) is 3.17. The topological polar surface area (TPSA) is 106 Å². The van der Waals surface area contributed by atoms with E-state index in [2.05, 4.69) is 20.7 Å². The zero-order valence-electron chi connectivity index (χ0n) is 18.3. The van der Waals surface area contributed by atoms with Crippen LogP contribution in [0.2, 0.25) is 0 Å². The maximum atomic E-state index is 8.87. The van der Waals surface area contributed by atoms with Gasteiger partial charge >= 0.3 is 0 Å². The van der Waals surface area contributed by atoms with E-state index < -0.39 is 0 Å². The number of benzene rings is 1. The minimum absolute atomic E-state index is 0.374. The summed E-state index contributed by atoms with van der Waals surface area (Å²) >= 11 is 0. The van der Waals surface area contributed by atoms with Gasteiger partial charge in [-0.3, -0.25) is 10.1 Å². The Morgan fingerprint density at radius 1 is 1.25 bits per heavy atom. The van der Waals surface area contributed by atoms with Crippen LogP contribution in [-0.4, -0.2) is 55.5 Å². The summed E-state index contributed by atoms with van der Waals surface area (Å²) in [6.07, 6.45) is 8.19. The zero-order valence-corrected chi connectivity index (χ0v) is 18.3. The van der Waals surface area contributed by atoms with Gasteiger partial charge in [-0.25, -0.2) is 4.99 Å². The van der Waals surface area contributed by atoms with Crippen LogP contribution in [0.3, 0.4) is 0 Å². The molecule has 0 bridgehead atoms. The van der Waals surface area contributed by atoms with Gasteiger partial charge in [-0.1, -0.05) is 12.1 Å². The van der Waals surface area contributed by atoms with Crippen molar-refractivity contribution >= 4 is 11.9 Å². The van der Waals surface area contributed by atoms with E-state index in [0.29, 0.717) is 38.3 Å². The molecule has 1 atom stereocenters. The molecule has 0 radical (unpaired) electrons. The highest BCUT2D eigenvalue weighted by Crippen LogP contribution is 2.21. The van der Waals surface area contributed by atoms with Gasteiger partial charge in [0.15, 0.2) is 0 Å². The monoisotopic (exact) mass is 436 g/mol. The van der Waals surface area contributed by atoms with Crippen LogP contribution >= 0.6 is 0 Å². The van der Waals surface area contributed by atoms with Crippen LogP contribution in [0.1, 0.15) is 24.0 Å². The van der Waals surface area contributed by atoms with Gasteiger partial charge in [-0.15, -0.1) is 0 Å². The number of ether oxygens (including phenoxy) is 3. The summed E-state index contributed by atoms with van der Waals surface area (Å²) in [7, 11) is 3.25. The standard InChI is InChI=1S/C23H28N6O3/c1-30-19-5-3-16(4-6-19)14-29-15-17(11-27-29)22(24)20-7-9-32-10-8-21(20)28-18-12-25-23(31-2)26-13-18/h3-6,11-13,15,23-25,28H,7-10,14H2,1-2H3. The molecule has 1 aromatic carbocycles. The lowest BCUT2D eigenvalue weighted by Crippen LogP contribution is -2.31. The number of hydrogen-bond acceptors (Lipinski definition) is 8. The first-order valence-electron chi connectivity index (χ1n) is 10.5. The number of aromatic nitrogens is 2. The first kappa shape index (κ1) is 21.8. The predicted molar refractivity (Wildman–Crippen MR) is 122 cm³/mol. The van der Waals surface area contributed by atoms with Crippen molar-refractivity contribution in [2.24, 2.45) is 4.99 Å². The molecule has 2 aromatic rings. The van der Waals surface area contributed by atoms with Gasteiger partial charge in [0.25, 0.3) is 0 Å². The lowest BCUT2D eigenvalue weighted by Gasteiger charge is -2.20. The summed E-state index contributed by atoms with van der Waals surface area (Å²) in [4.78, 5) is 4.28. The van der Waals surface area contributed by atoms with Gasteiger partial charge in [0, 0.05) is 37.2 Å². The van der Waals surface area contributed by atoms with Crippen LogP contribution < -0.4 is 15.4 Å². The molecular weight excluding hydrogens is 408 g/mol. The Bertz CT molecular complexity index is 1040. The van der Waals surface area contributed by atoms with Gasteiger partial charge in [0.1, 0.15) is 5.75 Å². The SMILES string of the molecule is COc1ccc(Cn2cc(C(=N)C3=C(NC4=CNC(OC)N=C4)CCOCC3)cn2)cc1. The highest BCUT2D eigenvalue weighted by molar-refractivity contribution is 6.10. The molecule has 9 nitrogen and oxygen atoms in total. The normalized spacial score (nSPS) is 18.6. The lowest BCUT2D eigenvalue weighted by molar-refractivity contribution is 0.0926. The third-order valence-electron chi connectivity index (χ3n) is 5.33. The fourth-order valence-corrected chi connectivity index (χ4v) is 3.60. The van der Waals surface area contributed by atoms with E-state index in [1.165, 1.54) is 0 Å². The molecule has 0 spiro atoms. The van der Waals surface area contributed by atoms with Crippen molar-refractivity contribution in [3.63, 3.8) is 0 Å². The Kier molecular flexibility index (Phi) is 6.98. The van der Waals surface area contributed by atoms with E-state index in [-0.39, 0.29) is 6.35 Å². The molecule has 3 heterocycles. The van der Waals surface area contributed by atoms with Crippen LogP contribution in [-0.2, 0) is 16.0 Å². The number of nitrogens with one attached hydrogen (secondary N) is 3. The van der Waals surface area contributed by atoms with Crippen molar-refractivity contribution in [2.45, 2.75) is 25.7 Å². The Hall–Kier alpha value is -3.43. The van der Waals surface area contributed by atoms with Crippen molar-refractivity contribution in [1.82, 2.24) is 20.4 Å². The first-order chi connectivity index (χ1) is 15.7. The predicted octanol–water partition coefficient (Wildman–Crippen LogP) is 2.41. The number of aliphatic imine (C=N–C) groups is 1. The van der Waals surface area contributed by atoms with Crippen molar-refractivity contribution in [3.05, 3.63) is 71.0 Å². The summed E-state index contributed by atoms with van der Waals surface area (Å²) in [5.41, 5.74) is 5.05. The van der Waals surface area contributed by atoms with Crippen molar-refractivity contribution in [2.75, 3.05) is 27.4 Å². The number of methoxy groups -OCH3 is 2. The van der Waals surface area contributed by atoms with Gasteiger partial charge in [-0.05, 0) is 29.7 Å². The second kappa shape index (κ2) is 10.3. The molecule has 2 aliphatic heterocycles. The Balaban J connectivity index is 1.50. The highest BCUT2D eigenvalue weighted by atomic mass is 16.5. The highest BCUT2D eigenvalue weighted by Gasteiger charge is 2.19. The van der Waals surface area contributed by atoms with Gasteiger partial charge in [-0.2, -0.15) is 5.10 Å². The molecule has 0 fully saturated rings. The van der Waals surface area contributed by atoms with Gasteiger partial charge in [0.2, 0.25) is 6.35 Å². The van der Waals surface area contributed by atoms with E-state index in [4.69, 9.17) is 19.6 Å². The zero-order chi connectivity index (χ0) is 22.3. The molecule has 3 N–H and O–H groups in total. The van der Waals surface area contributed by atoms with Crippen LogP contribution in [0.5, 0.6) is 5.75 Å². The van der Waals surface area contributed by atoms with Crippen LogP contribution in [0.25, 0.3) is 0 Å². The minimum Gasteiger partial charge on any atom is -0.497 e. The van der Waals surface area contributed by atoms with E-state index in [1.807, 2.05) is 41.3 Å². The van der Waals surface area contributed by atoms with Crippen LogP contribution in [0.4, 0.5) is 0 Å².